The summed E-state index contributed by atoms with van der Waals surface area (Å²) in [5, 5.41) is 8.85. The fraction of sp³-hybridized carbons (Fsp3) is 0.417. The van der Waals surface area contributed by atoms with Gasteiger partial charge in [-0.3, -0.25) is 14.6 Å². The third-order valence-electron chi connectivity index (χ3n) is 2.57. The molecule has 0 aliphatic carbocycles. The molecule has 0 radical (unpaired) electrons. The Morgan fingerprint density at radius 3 is 2.71 bits per heavy atom. The van der Waals surface area contributed by atoms with Crippen LogP contribution in [0.2, 0.25) is 0 Å². The minimum Gasteiger partial charge on any atom is -0.481 e. The average Bonchev–Trinajstić information content (AvgIpc) is 2.28. The van der Waals surface area contributed by atoms with E-state index in [2.05, 4.69) is 9.72 Å². The Hall–Kier alpha value is -1.91. The van der Waals surface area contributed by atoms with Crippen LogP contribution in [0.15, 0.2) is 18.5 Å². The topological polar surface area (TPSA) is 76.5 Å². The minimum atomic E-state index is -0.935. The van der Waals surface area contributed by atoms with Gasteiger partial charge < -0.3 is 9.84 Å². The summed E-state index contributed by atoms with van der Waals surface area (Å²) in [7, 11) is 1.29. The van der Waals surface area contributed by atoms with Gasteiger partial charge in [-0.05, 0) is 24.1 Å². The van der Waals surface area contributed by atoms with E-state index in [9.17, 15) is 9.59 Å². The van der Waals surface area contributed by atoms with Crippen LogP contribution in [0, 0.1) is 6.92 Å². The first-order valence-electron chi connectivity index (χ1n) is 5.23. The number of rotatable bonds is 5. The van der Waals surface area contributed by atoms with Gasteiger partial charge in [-0.1, -0.05) is 0 Å². The monoisotopic (exact) mass is 237 g/mol. The summed E-state index contributed by atoms with van der Waals surface area (Å²) in [5.74, 6) is -1.72. The highest BCUT2D eigenvalue weighted by molar-refractivity contribution is 5.73. The van der Waals surface area contributed by atoms with E-state index < -0.39 is 11.9 Å². The molecule has 0 bridgehead atoms. The summed E-state index contributed by atoms with van der Waals surface area (Å²) in [4.78, 5) is 26.0. The van der Waals surface area contributed by atoms with Crippen LogP contribution < -0.4 is 0 Å². The van der Waals surface area contributed by atoms with Crippen LogP contribution in [0.25, 0.3) is 0 Å². The number of carbonyl (C=O) groups excluding carboxylic acids is 1. The SMILES string of the molecule is COC(=O)CC(CC(=O)O)c1ccncc1C. The van der Waals surface area contributed by atoms with Crippen molar-refractivity contribution in [2.45, 2.75) is 25.7 Å². The third kappa shape index (κ3) is 3.86. The molecule has 0 saturated carbocycles. The normalized spacial score (nSPS) is 11.9. The number of methoxy groups -OCH3 is 1. The fourth-order valence-corrected chi connectivity index (χ4v) is 1.73. The van der Waals surface area contributed by atoms with Crippen molar-refractivity contribution < 1.29 is 19.4 Å². The number of carbonyl (C=O) groups is 2. The van der Waals surface area contributed by atoms with Crippen LogP contribution in [-0.2, 0) is 14.3 Å². The van der Waals surface area contributed by atoms with Gasteiger partial charge in [0.15, 0.2) is 0 Å². The molecule has 0 amide bonds. The summed E-state index contributed by atoms with van der Waals surface area (Å²) < 4.78 is 4.58. The van der Waals surface area contributed by atoms with E-state index >= 15 is 0 Å². The number of carboxylic acids is 1. The largest absolute Gasteiger partial charge is 0.481 e. The molecule has 1 heterocycles. The molecule has 1 N–H and O–H groups in total. The molecule has 1 unspecified atom stereocenters. The lowest BCUT2D eigenvalue weighted by molar-refractivity contribution is -0.141. The third-order valence-corrected chi connectivity index (χ3v) is 2.57. The molecule has 1 aromatic heterocycles. The lowest BCUT2D eigenvalue weighted by Gasteiger charge is -2.15. The molecule has 0 aliphatic rings. The summed E-state index contributed by atoms with van der Waals surface area (Å²) in [6.45, 7) is 1.84. The van der Waals surface area contributed by atoms with Crippen molar-refractivity contribution in [2.75, 3.05) is 7.11 Å². The molecule has 1 aromatic rings. The van der Waals surface area contributed by atoms with E-state index in [1.807, 2.05) is 6.92 Å². The van der Waals surface area contributed by atoms with Crippen molar-refractivity contribution in [1.29, 1.82) is 0 Å². The standard InChI is InChI=1S/C12H15NO4/c1-8-7-13-4-3-10(8)9(5-11(14)15)6-12(16)17-2/h3-4,7,9H,5-6H2,1-2H3,(H,14,15). The Bertz CT molecular complexity index is 417. The molecule has 1 rings (SSSR count). The quantitative estimate of drug-likeness (QED) is 0.785. The predicted molar refractivity (Wildman–Crippen MR) is 60.6 cm³/mol. The number of hydrogen-bond donors (Lipinski definition) is 1. The first-order valence-corrected chi connectivity index (χ1v) is 5.23. The van der Waals surface area contributed by atoms with Crippen molar-refractivity contribution >= 4 is 11.9 Å². The van der Waals surface area contributed by atoms with Gasteiger partial charge in [0.1, 0.15) is 0 Å². The molecular weight excluding hydrogens is 222 g/mol. The van der Waals surface area contributed by atoms with E-state index in [4.69, 9.17) is 5.11 Å². The van der Waals surface area contributed by atoms with Crippen LogP contribution in [-0.4, -0.2) is 29.1 Å². The fourth-order valence-electron chi connectivity index (χ4n) is 1.73. The molecule has 0 fully saturated rings. The zero-order valence-electron chi connectivity index (χ0n) is 9.84. The predicted octanol–water partition coefficient (Wildman–Crippen LogP) is 1.51. The Balaban J connectivity index is 2.93. The van der Waals surface area contributed by atoms with Gasteiger partial charge in [0.2, 0.25) is 0 Å². The maximum Gasteiger partial charge on any atom is 0.306 e. The van der Waals surface area contributed by atoms with Gasteiger partial charge >= 0.3 is 11.9 Å². The number of ether oxygens (including phenoxy) is 1. The summed E-state index contributed by atoms with van der Waals surface area (Å²) in [6, 6.07) is 1.74. The van der Waals surface area contributed by atoms with Crippen LogP contribution in [0.1, 0.15) is 29.9 Å². The Morgan fingerprint density at radius 1 is 1.47 bits per heavy atom. The second kappa shape index (κ2) is 5.98. The molecule has 1 atom stereocenters. The molecule has 0 aliphatic heterocycles. The van der Waals surface area contributed by atoms with E-state index in [0.29, 0.717) is 0 Å². The first kappa shape index (κ1) is 13.2. The smallest absolute Gasteiger partial charge is 0.306 e. The van der Waals surface area contributed by atoms with Crippen molar-refractivity contribution in [1.82, 2.24) is 4.98 Å². The number of aryl methyl sites for hydroxylation is 1. The zero-order valence-corrected chi connectivity index (χ0v) is 9.84. The Morgan fingerprint density at radius 2 is 2.18 bits per heavy atom. The number of esters is 1. The van der Waals surface area contributed by atoms with Crippen LogP contribution in [0.3, 0.4) is 0 Å². The molecule has 5 nitrogen and oxygen atoms in total. The maximum atomic E-state index is 11.3. The molecule has 5 heteroatoms. The summed E-state index contributed by atoms with van der Waals surface area (Å²) in [5.41, 5.74) is 1.70. The van der Waals surface area contributed by atoms with Crippen molar-refractivity contribution in [3.05, 3.63) is 29.6 Å². The van der Waals surface area contributed by atoms with Gasteiger partial charge in [-0.2, -0.15) is 0 Å². The number of nitrogens with zero attached hydrogens (tertiary/aromatic N) is 1. The van der Waals surface area contributed by atoms with Crippen molar-refractivity contribution in [2.24, 2.45) is 0 Å². The number of aliphatic carboxylic acids is 1. The Labute approximate surface area is 99.4 Å². The molecule has 17 heavy (non-hydrogen) atoms. The summed E-state index contributed by atoms with van der Waals surface area (Å²) >= 11 is 0. The van der Waals surface area contributed by atoms with Gasteiger partial charge in [0.05, 0.1) is 20.0 Å². The van der Waals surface area contributed by atoms with Gasteiger partial charge in [-0.25, -0.2) is 0 Å². The van der Waals surface area contributed by atoms with Gasteiger partial charge in [0.25, 0.3) is 0 Å². The molecular formula is C12H15NO4. The van der Waals surface area contributed by atoms with E-state index in [1.54, 1.807) is 18.5 Å². The molecule has 0 saturated heterocycles. The highest BCUT2D eigenvalue weighted by Gasteiger charge is 2.21. The van der Waals surface area contributed by atoms with Crippen LogP contribution in [0.4, 0.5) is 0 Å². The highest BCUT2D eigenvalue weighted by Crippen LogP contribution is 2.26. The van der Waals surface area contributed by atoms with E-state index in [-0.39, 0.29) is 18.8 Å². The van der Waals surface area contributed by atoms with Crippen molar-refractivity contribution in [3.63, 3.8) is 0 Å². The van der Waals surface area contributed by atoms with E-state index in [1.165, 1.54) is 7.11 Å². The molecule has 92 valence electrons. The highest BCUT2D eigenvalue weighted by atomic mass is 16.5. The van der Waals surface area contributed by atoms with Crippen molar-refractivity contribution in [3.8, 4) is 0 Å². The second-order valence-corrected chi connectivity index (χ2v) is 3.81. The number of hydrogen-bond acceptors (Lipinski definition) is 4. The molecule has 0 spiro atoms. The van der Waals surface area contributed by atoms with Crippen LogP contribution >= 0.6 is 0 Å². The number of pyridine rings is 1. The van der Waals surface area contributed by atoms with E-state index in [0.717, 1.165) is 11.1 Å². The number of aromatic nitrogens is 1. The van der Waals surface area contributed by atoms with Gasteiger partial charge in [-0.15, -0.1) is 0 Å². The zero-order chi connectivity index (χ0) is 12.8. The minimum absolute atomic E-state index is 0.0631. The lowest BCUT2D eigenvalue weighted by atomic mass is 9.90. The molecule has 0 aromatic carbocycles. The Kier molecular flexibility index (Phi) is 4.63. The van der Waals surface area contributed by atoms with Gasteiger partial charge in [0, 0.05) is 18.3 Å². The first-order chi connectivity index (χ1) is 8.04. The maximum absolute atomic E-state index is 11.3. The number of carboxylic acid groups (broad SMARTS) is 1. The average molecular weight is 237 g/mol. The van der Waals surface area contributed by atoms with Crippen LogP contribution in [0.5, 0.6) is 0 Å². The second-order valence-electron chi connectivity index (χ2n) is 3.81. The summed E-state index contributed by atoms with van der Waals surface area (Å²) in [6.07, 6.45) is 3.21. The lowest BCUT2D eigenvalue weighted by Crippen LogP contribution is -2.13.